The Morgan fingerprint density at radius 2 is 2.06 bits per heavy atom. The van der Waals surface area contributed by atoms with Crippen LogP contribution in [0.3, 0.4) is 0 Å². The molecule has 2 nitrogen and oxygen atoms in total. The molecule has 17 heavy (non-hydrogen) atoms. The summed E-state index contributed by atoms with van der Waals surface area (Å²) < 4.78 is 1.87. The van der Waals surface area contributed by atoms with Crippen molar-refractivity contribution >= 4 is 15.9 Å². The molecule has 0 spiro atoms. The number of pyridine rings is 1. The topological polar surface area (TPSA) is 22.0 Å². The second-order valence-corrected chi connectivity index (χ2v) is 5.93. The molecule has 94 valence electrons. The van der Waals surface area contributed by atoms with E-state index in [0.717, 1.165) is 17.4 Å². The van der Waals surface area contributed by atoms with E-state index < -0.39 is 0 Å². The minimum Gasteiger partial charge on any atom is -0.315 e. The summed E-state index contributed by atoms with van der Waals surface area (Å²) in [6.07, 6.45) is 8.35. The Morgan fingerprint density at radius 3 is 2.65 bits per heavy atom. The summed E-state index contributed by atoms with van der Waals surface area (Å²) in [5.74, 6) is 0. The fraction of sp³-hybridized carbons (Fsp3) is 0.643. The van der Waals surface area contributed by atoms with E-state index in [1.54, 1.807) is 6.07 Å². The lowest BCUT2D eigenvalue weighted by molar-refractivity contribution is 0.189. The predicted molar refractivity (Wildman–Crippen MR) is 74.8 cm³/mol. The van der Waals surface area contributed by atoms with Gasteiger partial charge in [-0.3, -0.25) is 4.79 Å². The average molecular weight is 298 g/mol. The molecule has 0 saturated heterocycles. The highest BCUT2D eigenvalue weighted by Gasteiger charge is 2.31. The van der Waals surface area contributed by atoms with Gasteiger partial charge in [0.05, 0.1) is 0 Å². The summed E-state index contributed by atoms with van der Waals surface area (Å²) in [7, 11) is 0. The Kier molecular flexibility index (Phi) is 4.08. The maximum absolute atomic E-state index is 11.9. The highest BCUT2D eigenvalue weighted by atomic mass is 79.9. The van der Waals surface area contributed by atoms with Crippen LogP contribution in [0, 0.1) is 12.3 Å². The molecule has 0 atom stereocenters. The Labute approximate surface area is 111 Å². The number of halogens is 1. The third-order valence-corrected chi connectivity index (χ3v) is 5.04. The number of aromatic nitrogens is 1. The number of nitrogens with zero attached hydrogens (tertiary/aromatic N) is 1. The van der Waals surface area contributed by atoms with E-state index in [2.05, 4.69) is 15.9 Å². The summed E-state index contributed by atoms with van der Waals surface area (Å²) in [6, 6.07) is 3.75. The van der Waals surface area contributed by atoms with Crippen LogP contribution in [0.15, 0.2) is 23.1 Å². The Morgan fingerprint density at radius 1 is 1.35 bits per heavy atom. The van der Waals surface area contributed by atoms with Crippen molar-refractivity contribution in [1.82, 2.24) is 4.57 Å². The van der Waals surface area contributed by atoms with Gasteiger partial charge >= 0.3 is 0 Å². The lowest BCUT2D eigenvalue weighted by atomic mass is 9.75. The Bertz CT molecular complexity index is 432. The van der Waals surface area contributed by atoms with Crippen LogP contribution < -0.4 is 5.56 Å². The van der Waals surface area contributed by atoms with Gasteiger partial charge in [0.15, 0.2) is 0 Å². The van der Waals surface area contributed by atoms with E-state index in [-0.39, 0.29) is 11.0 Å². The molecule has 1 aromatic heterocycles. The second-order valence-electron chi connectivity index (χ2n) is 5.36. The summed E-state index contributed by atoms with van der Waals surface area (Å²) in [4.78, 5) is 11.9. The molecule has 1 aromatic rings. The molecule has 0 unspecified atom stereocenters. The van der Waals surface area contributed by atoms with Crippen LogP contribution in [0.25, 0.3) is 0 Å². The first-order valence-corrected chi connectivity index (χ1v) is 7.50. The van der Waals surface area contributed by atoms with Gasteiger partial charge in [-0.25, -0.2) is 0 Å². The minimum atomic E-state index is 0.135. The standard InChI is InChI=1S/C14H20BrNO/c1-12-5-8-16(13(17)9-12)11-14(10-15)6-3-2-4-7-14/h5,8-9H,2-4,6-7,10-11H2,1H3. The molecule has 1 aliphatic carbocycles. The molecule has 0 aromatic carbocycles. The smallest absolute Gasteiger partial charge is 0.250 e. The van der Waals surface area contributed by atoms with Crippen molar-refractivity contribution in [2.24, 2.45) is 5.41 Å². The maximum atomic E-state index is 11.9. The maximum Gasteiger partial charge on any atom is 0.250 e. The highest BCUT2D eigenvalue weighted by Crippen LogP contribution is 2.38. The zero-order valence-corrected chi connectivity index (χ0v) is 12.0. The lowest BCUT2D eigenvalue weighted by Gasteiger charge is -2.36. The van der Waals surface area contributed by atoms with Crippen molar-refractivity contribution in [1.29, 1.82) is 0 Å². The van der Waals surface area contributed by atoms with E-state index in [1.165, 1.54) is 32.1 Å². The van der Waals surface area contributed by atoms with E-state index in [1.807, 2.05) is 23.8 Å². The van der Waals surface area contributed by atoms with Gasteiger partial charge in [-0.05, 0) is 36.8 Å². The van der Waals surface area contributed by atoms with Gasteiger partial charge in [0.1, 0.15) is 0 Å². The molecule has 1 heterocycles. The molecule has 1 fully saturated rings. The van der Waals surface area contributed by atoms with E-state index in [4.69, 9.17) is 0 Å². The predicted octanol–water partition coefficient (Wildman–Crippen LogP) is 3.50. The van der Waals surface area contributed by atoms with Crippen LogP contribution in [0.2, 0.25) is 0 Å². The fourth-order valence-corrected chi connectivity index (χ4v) is 3.47. The summed E-state index contributed by atoms with van der Waals surface area (Å²) in [5.41, 5.74) is 1.47. The van der Waals surface area contributed by atoms with Crippen LogP contribution in [0.1, 0.15) is 37.7 Å². The molecule has 1 aliphatic rings. The highest BCUT2D eigenvalue weighted by molar-refractivity contribution is 9.09. The molecule has 2 rings (SSSR count). The van der Waals surface area contributed by atoms with Gasteiger partial charge in [0.25, 0.3) is 5.56 Å². The van der Waals surface area contributed by atoms with Crippen molar-refractivity contribution in [2.45, 2.75) is 45.6 Å². The third kappa shape index (κ3) is 3.01. The van der Waals surface area contributed by atoms with Crippen LogP contribution in [0.5, 0.6) is 0 Å². The van der Waals surface area contributed by atoms with Gasteiger partial charge in [0, 0.05) is 24.1 Å². The summed E-state index contributed by atoms with van der Waals surface area (Å²) in [6.45, 7) is 2.82. The molecule has 0 N–H and O–H groups in total. The first-order chi connectivity index (χ1) is 8.15. The van der Waals surface area contributed by atoms with Crippen molar-refractivity contribution in [2.75, 3.05) is 5.33 Å². The van der Waals surface area contributed by atoms with E-state index in [9.17, 15) is 4.79 Å². The number of rotatable bonds is 3. The van der Waals surface area contributed by atoms with Crippen molar-refractivity contribution in [3.05, 3.63) is 34.2 Å². The van der Waals surface area contributed by atoms with Gasteiger partial charge in [-0.1, -0.05) is 35.2 Å². The first kappa shape index (κ1) is 12.9. The third-order valence-electron chi connectivity index (χ3n) is 3.86. The van der Waals surface area contributed by atoms with Gasteiger partial charge < -0.3 is 4.57 Å². The quantitative estimate of drug-likeness (QED) is 0.783. The summed E-state index contributed by atoms with van der Waals surface area (Å²) in [5, 5.41) is 1.00. The SMILES string of the molecule is Cc1ccn(CC2(CBr)CCCCC2)c(=O)c1. The first-order valence-electron chi connectivity index (χ1n) is 6.38. The molecule has 0 aliphatic heterocycles. The van der Waals surface area contributed by atoms with E-state index >= 15 is 0 Å². The fourth-order valence-electron chi connectivity index (χ4n) is 2.73. The van der Waals surface area contributed by atoms with Crippen molar-refractivity contribution in [3.8, 4) is 0 Å². The van der Waals surface area contributed by atoms with Crippen LogP contribution in [-0.2, 0) is 6.54 Å². The monoisotopic (exact) mass is 297 g/mol. The molecular formula is C14H20BrNO. The number of hydrogen-bond acceptors (Lipinski definition) is 1. The Balaban J connectivity index is 2.20. The van der Waals surface area contributed by atoms with Gasteiger partial charge in [-0.2, -0.15) is 0 Å². The molecule has 0 radical (unpaired) electrons. The lowest BCUT2D eigenvalue weighted by Crippen LogP contribution is -2.35. The minimum absolute atomic E-state index is 0.135. The Hall–Kier alpha value is -0.570. The molecule has 0 amide bonds. The molecule has 3 heteroatoms. The van der Waals surface area contributed by atoms with E-state index in [0.29, 0.717) is 0 Å². The van der Waals surface area contributed by atoms with Gasteiger partial charge in [0.2, 0.25) is 0 Å². The number of aryl methyl sites for hydroxylation is 1. The average Bonchev–Trinajstić information content (AvgIpc) is 2.34. The normalized spacial score (nSPS) is 19.2. The van der Waals surface area contributed by atoms with Crippen LogP contribution in [-0.4, -0.2) is 9.90 Å². The van der Waals surface area contributed by atoms with Crippen LogP contribution in [0.4, 0.5) is 0 Å². The van der Waals surface area contributed by atoms with Crippen molar-refractivity contribution in [3.63, 3.8) is 0 Å². The molecule has 1 saturated carbocycles. The van der Waals surface area contributed by atoms with Gasteiger partial charge in [-0.15, -0.1) is 0 Å². The zero-order valence-electron chi connectivity index (χ0n) is 10.4. The largest absolute Gasteiger partial charge is 0.315 e. The molecule has 0 bridgehead atoms. The summed E-state index contributed by atoms with van der Waals surface area (Å²) >= 11 is 3.65. The molecular weight excluding hydrogens is 278 g/mol. The second kappa shape index (κ2) is 5.38. The zero-order chi connectivity index (χ0) is 12.3. The van der Waals surface area contributed by atoms with Crippen LogP contribution >= 0.6 is 15.9 Å². The van der Waals surface area contributed by atoms with Crippen molar-refractivity contribution < 1.29 is 0 Å². The number of alkyl halides is 1. The number of hydrogen-bond donors (Lipinski definition) is 0.